The number of hydrogen-bond donors (Lipinski definition) is 1. The second kappa shape index (κ2) is 8.03. The van der Waals surface area contributed by atoms with Crippen LogP contribution in [0.1, 0.15) is 34.5 Å². The second-order valence-corrected chi connectivity index (χ2v) is 6.54. The standard InChI is InChI=1S/C19H22N4O4/c1-13-9-16(22(2)21-13)20-17(24)12-27-19(26)15-6-3-5-14(10-15)11-23-8-4-7-18(23)25/h3,5-6,9-10H,4,7-8,11-12H2,1-2H3,(H,20,24). The molecule has 2 heterocycles. The quantitative estimate of drug-likeness (QED) is 0.781. The fourth-order valence-corrected chi connectivity index (χ4v) is 3.01. The zero-order valence-corrected chi connectivity index (χ0v) is 15.4. The number of ether oxygens (including phenoxy) is 1. The first-order chi connectivity index (χ1) is 12.9. The van der Waals surface area contributed by atoms with Crippen molar-refractivity contribution in [2.24, 2.45) is 7.05 Å². The lowest BCUT2D eigenvalue weighted by molar-refractivity contribution is -0.128. The number of aryl methyl sites for hydroxylation is 2. The van der Waals surface area contributed by atoms with Crippen molar-refractivity contribution in [2.75, 3.05) is 18.5 Å². The Bertz CT molecular complexity index is 874. The topological polar surface area (TPSA) is 93.5 Å². The van der Waals surface area contributed by atoms with Gasteiger partial charge >= 0.3 is 5.97 Å². The predicted molar refractivity (Wildman–Crippen MR) is 98.0 cm³/mol. The highest BCUT2D eigenvalue weighted by molar-refractivity contribution is 5.95. The van der Waals surface area contributed by atoms with Gasteiger partial charge in [0.1, 0.15) is 5.82 Å². The van der Waals surface area contributed by atoms with Crippen molar-refractivity contribution >= 4 is 23.6 Å². The SMILES string of the molecule is Cc1cc(NC(=O)COC(=O)c2cccc(CN3CCCC3=O)c2)n(C)n1. The molecule has 2 aromatic rings. The van der Waals surface area contributed by atoms with Gasteiger partial charge in [0.25, 0.3) is 5.91 Å². The van der Waals surface area contributed by atoms with E-state index < -0.39 is 18.5 Å². The molecule has 0 radical (unpaired) electrons. The highest BCUT2D eigenvalue weighted by Gasteiger charge is 2.20. The summed E-state index contributed by atoms with van der Waals surface area (Å²) in [5.41, 5.74) is 1.98. The van der Waals surface area contributed by atoms with E-state index in [-0.39, 0.29) is 5.91 Å². The summed E-state index contributed by atoms with van der Waals surface area (Å²) in [5, 5.41) is 6.77. The third kappa shape index (κ3) is 4.72. The van der Waals surface area contributed by atoms with Gasteiger partial charge in [0.05, 0.1) is 11.3 Å². The van der Waals surface area contributed by atoms with Crippen LogP contribution in [0.3, 0.4) is 0 Å². The van der Waals surface area contributed by atoms with Crippen LogP contribution < -0.4 is 5.32 Å². The van der Waals surface area contributed by atoms with Crippen molar-refractivity contribution in [2.45, 2.75) is 26.3 Å². The van der Waals surface area contributed by atoms with Crippen LogP contribution in [-0.2, 0) is 27.9 Å². The molecule has 142 valence electrons. The molecule has 1 aliphatic heterocycles. The molecular formula is C19H22N4O4. The van der Waals surface area contributed by atoms with E-state index in [2.05, 4.69) is 10.4 Å². The van der Waals surface area contributed by atoms with Crippen molar-refractivity contribution in [3.05, 3.63) is 47.2 Å². The van der Waals surface area contributed by atoms with E-state index in [1.165, 1.54) is 4.68 Å². The molecule has 8 heteroatoms. The van der Waals surface area contributed by atoms with Gasteiger partial charge in [0, 0.05) is 32.6 Å². The normalized spacial score (nSPS) is 13.7. The molecule has 1 aromatic heterocycles. The van der Waals surface area contributed by atoms with Crippen LogP contribution in [-0.4, -0.2) is 45.6 Å². The monoisotopic (exact) mass is 370 g/mol. The fraction of sp³-hybridized carbons (Fsp3) is 0.368. The number of benzene rings is 1. The number of nitrogens with one attached hydrogen (secondary N) is 1. The first-order valence-corrected chi connectivity index (χ1v) is 8.77. The lowest BCUT2D eigenvalue weighted by Gasteiger charge is -2.15. The second-order valence-electron chi connectivity index (χ2n) is 6.54. The summed E-state index contributed by atoms with van der Waals surface area (Å²) in [6.07, 6.45) is 1.44. The molecule has 8 nitrogen and oxygen atoms in total. The van der Waals surface area contributed by atoms with Crippen LogP contribution in [0.2, 0.25) is 0 Å². The van der Waals surface area contributed by atoms with E-state index in [0.717, 1.165) is 24.2 Å². The van der Waals surface area contributed by atoms with E-state index in [9.17, 15) is 14.4 Å². The number of aromatic nitrogens is 2. The number of hydrogen-bond acceptors (Lipinski definition) is 5. The number of carbonyl (C=O) groups is 3. The summed E-state index contributed by atoms with van der Waals surface area (Å²) in [7, 11) is 1.71. The zero-order valence-electron chi connectivity index (χ0n) is 15.4. The zero-order chi connectivity index (χ0) is 19.4. The van der Waals surface area contributed by atoms with Crippen molar-refractivity contribution < 1.29 is 19.1 Å². The van der Waals surface area contributed by atoms with Crippen molar-refractivity contribution in [3.8, 4) is 0 Å². The third-order valence-corrected chi connectivity index (χ3v) is 4.31. The molecule has 1 fully saturated rings. The Morgan fingerprint density at radius 2 is 2.11 bits per heavy atom. The molecule has 27 heavy (non-hydrogen) atoms. The van der Waals surface area contributed by atoms with Gasteiger partial charge in [-0.3, -0.25) is 14.3 Å². The molecule has 0 saturated carbocycles. The molecule has 0 atom stereocenters. The highest BCUT2D eigenvalue weighted by Crippen LogP contribution is 2.15. The maximum Gasteiger partial charge on any atom is 0.338 e. The Morgan fingerprint density at radius 1 is 1.30 bits per heavy atom. The number of nitrogens with zero attached hydrogens (tertiary/aromatic N) is 3. The Kier molecular flexibility index (Phi) is 5.54. The van der Waals surface area contributed by atoms with Gasteiger partial charge < -0.3 is 15.0 Å². The van der Waals surface area contributed by atoms with Crippen LogP contribution in [0.4, 0.5) is 5.82 Å². The number of likely N-dealkylation sites (tertiary alicyclic amines) is 1. The minimum absolute atomic E-state index is 0.130. The van der Waals surface area contributed by atoms with Crippen molar-refractivity contribution in [1.29, 1.82) is 0 Å². The number of anilines is 1. The molecular weight excluding hydrogens is 348 g/mol. The Morgan fingerprint density at radius 3 is 2.78 bits per heavy atom. The number of carbonyl (C=O) groups excluding carboxylic acids is 3. The van der Waals surface area contributed by atoms with Gasteiger partial charge in [-0.15, -0.1) is 0 Å². The summed E-state index contributed by atoms with van der Waals surface area (Å²) < 4.78 is 6.63. The molecule has 1 saturated heterocycles. The van der Waals surface area contributed by atoms with Crippen molar-refractivity contribution in [1.82, 2.24) is 14.7 Å². The fourth-order valence-electron chi connectivity index (χ4n) is 3.01. The molecule has 2 amide bonds. The molecule has 0 aliphatic carbocycles. The molecule has 0 unspecified atom stereocenters. The third-order valence-electron chi connectivity index (χ3n) is 4.31. The van der Waals surface area contributed by atoms with Gasteiger partial charge in [-0.2, -0.15) is 5.10 Å². The molecule has 3 rings (SSSR count). The largest absolute Gasteiger partial charge is 0.452 e. The van der Waals surface area contributed by atoms with Gasteiger partial charge in [0.15, 0.2) is 6.61 Å². The summed E-state index contributed by atoms with van der Waals surface area (Å²) in [5.74, 6) is -0.359. The van der Waals surface area contributed by atoms with Crippen LogP contribution in [0.25, 0.3) is 0 Å². The van der Waals surface area contributed by atoms with Crippen LogP contribution in [0, 0.1) is 6.92 Å². The van der Waals surface area contributed by atoms with Gasteiger partial charge in [-0.25, -0.2) is 4.79 Å². The molecule has 1 aliphatic rings. The number of amides is 2. The minimum atomic E-state index is -0.582. The maximum atomic E-state index is 12.2. The van der Waals surface area contributed by atoms with Gasteiger partial charge in [-0.05, 0) is 31.0 Å². The van der Waals surface area contributed by atoms with Gasteiger partial charge in [0.2, 0.25) is 5.91 Å². The minimum Gasteiger partial charge on any atom is -0.452 e. The first kappa shape index (κ1) is 18.6. The predicted octanol–water partition coefficient (Wildman–Crippen LogP) is 1.65. The molecule has 1 aromatic carbocycles. The van der Waals surface area contributed by atoms with Crippen molar-refractivity contribution in [3.63, 3.8) is 0 Å². The molecule has 1 N–H and O–H groups in total. The number of rotatable bonds is 6. The summed E-state index contributed by atoms with van der Waals surface area (Å²) in [6.45, 7) is 2.64. The van der Waals surface area contributed by atoms with E-state index in [1.54, 1.807) is 36.2 Å². The lowest BCUT2D eigenvalue weighted by Crippen LogP contribution is -2.24. The highest BCUT2D eigenvalue weighted by atomic mass is 16.5. The first-order valence-electron chi connectivity index (χ1n) is 8.77. The van der Waals surface area contributed by atoms with Gasteiger partial charge in [-0.1, -0.05) is 12.1 Å². The van der Waals surface area contributed by atoms with Crippen LogP contribution >= 0.6 is 0 Å². The smallest absolute Gasteiger partial charge is 0.338 e. The van der Waals surface area contributed by atoms with E-state index in [0.29, 0.717) is 24.3 Å². The number of esters is 1. The van der Waals surface area contributed by atoms with Crippen LogP contribution in [0.15, 0.2) is 30.3 Å². The summed E-state index contributed by atoms with van der Waals surface area (Å²) in [6, 6.07) is 8.64. The lowest BCUT2D eigenvalue weighted by atomic mass is 10.1. The van der Waals surface area contributed by atoms with E-state index in [4.69, 9.17) is 4.74 Å². The maximum absolute atomic E-state index is 12.2. The molecule has 0 spiro atoms. The van der Waals surface area contributed by atoms with E-state index >= 15 is 0 Å². The average molecular weight is 370 g/mol. The van der Waals surface area contributed by atoms with E-state index in [1.807, 2.05) is 13.0 Å². The molecule has 0 bridgehead atoms. The summed E-state index contributed by atoms with van der Waals surface area (Å²) >= 11 is 0. The average Bonchev–Trinajstić information content (AvgIpc) is 3.17. The Labute approximate surface area is 157 Å². The summed E-state index contributed by atoms with van der Waals surface area (Å²) in [4.78, 5) is 37.7. The Hall–Kier alpha value is -3.16. The van der Waals surface area contributed by atoms with Crippen LogP contribution in [0.5, 0.6) is 0 Å². The Balaban J connectivity index is 1.54.